The molecule has 0 aliphatic carbocycles. The number of rotatable bonds is 8. The van der Waals surface area contributed by atoms with E-state index in [1.165, 1.54) is 29.2 Å². The van der Waals surface area contributed by atoms with Crippen LogP contribution >= 0.6 is 0 Å². The van der Waals surface area contributed by atoms with Crippen LogP contribution in [0.5, 0.6) is 5.75 Å². The molecule has 37 heavy (non-hydrogen) atoms. The average Bonchev–Trinajstić information content (AvgIpc) is 3.12. The monoisotopic (exact) mass is 501 g/mol. The third-order valence-corrected chi connectivity index (χ3v) is 6.07. The Hall–Kier alpha value is -4.53. The molecule has 9 heteroatoms. The molecule has 0 saturated carbocycles. The van der Waals surface area contributed by atoms with Crippen molar-refractivity contribution in [3.05, 3.63) is 105 Å². The van der Waals surface area contributed by atoms with E-state index in [0.717, 1.165) is 0 Å². The number of hydrogen-bond acceptors (Lipinski definition) is 7. The molecule has 3 aromatic rings. The first-order valence-corrected chi connectivity index (χ1v) is 11.8. The van der Waals surface area contributed by atoms with Gasteiger partial charge < -0.3 is 14.7 Å². The van der Waals surface area contributed by atoms with Gasteiger partial charge in [0.25, 0.3) is 17.4 Å². The Balaban J connectivity index is 1.81. The maximum absolute atomic E-state index is 13.3. The molecule has 2 aromatic carbocycles. The summed E-state index contributed by atoms with van der Waals surface area (Å²) in [6.07, 6.45) is 3.19. The fourth-order valence-corrected chi connectivity index (χ4v) is 4.26. The van der Waals surface area contributed by atoms with Crippen LogP contribution < -0.4 is 4.74 Å². The second kappa shape index (κ2) is 10.6. The van der Waals surface area contributed by atoms with Crippen LogP contribution in [-0.2, 0) is 16.1 Å². The van der Waals surface area contributed by atoms with Crippen molar-refractivity contribution in [3.63, 3.8) is 0 Å². The van der Waals surface area contributed by atoms with Crippen molar-refractivity contribution in [2.45, 2.75) is 33.4 Å². The van der Waals surface area contributed by atoms with Gasteiger partial charge in [-0.2, -0.15) is 0 Å². The molecule has 1 fully saturated rings. The Morgan fingerprint density at radius 1 is 1.16 bits per heavy atom. The molecule has 2 heterocycles. The maximum atomic E-state index is 13.3. The van der Waals surface area contributed by atoms with Gasteiger partial charge in [0, 0.05) is 36.6 Å². The highest BCUT2D eigenvalue weighted by atomic mass is 16.6. The lowest BCUT2D eigenvalue weighted by Gasteiger charge is -2.25. The Kier molecular flexibility index (Phi) is 7.33. The fraction of sp³-hybridized carbons (Fsp3) is 0.250. The molecular weight excluding hydrogens is 474 g/mol. The van der Waals surface area contributed by atoms with Crippen molar-refractivity contribution in [1.82, 2.24) is 9.88 Å². The number of non-ortho nitro benzene ring substituents is 1. The van der Waals surface area contributed by atoms with Gasteiger partial charge in [0.1, 0.15) is 11.5 Å². The zero-order chi connectivity index (χ0) is 26.7. The van der Waals surface area contributed by atoms with Crippen LogP contribution in [0, 0.1) is 23.0 Å². The van der Waals surface area contributed by atoms with Crippen molar-refractivity contribution < 1.29 is 24.4 Å². The molecule has 190 valence electrons. The van der Waals surface area contributed by atoms with Gasteiger partial charge in [0.05, 0.1) is 23.1 Å². The molecule has 1 amide bonds. The van der Waals surface area contributed by atoms with Crippen LogP contribution in [0.3, 0.4) is 0 Å². The lowest BCUT2D eigenvalue weighted by Crippen LogP contribution is -2.29. The summed E-state index contributed by atoms with van der Waals surface area (Å²) in [7, 11) is 0. The third-order valence-electron chi connectivity index (χ3n) is 6.07. The van der Waals surface area contributed by atoms with Crippen molar-refractivity contribution in [2.24, 2.45) is 5.92 Å². The number of nitro benzene ring substituents is 1. The molecule has 1 atom stereocenters. The number of nitro groups is 1. The van der Waals surface area contributed by atoms with E-state index >= 15 is 0 Å². The average molecular weight is 502 g/mol. The quantitative estimate of drug-likeness (QED) is 0.152. The number of carbonyl (C=O) groups excluding carboxylic acids is 2. The van der Waals surface area contributed by atoms with E-state index in [4.69, 9.17) is 4.74 Å². The molecule has 0 bridgehead atoms. The van der Waals surface area contributed by atoms with E-state index in [0.29, 0.717) is 40.5 Å². The third kappa shape index (κ3) is 5.35. The predicted octanol–water partition coefficient (Wildman–Crippen LogP) is 4.95. The topological polar surface area (TPSA) is 123 Å². The number of aryl methyl sites for hydroxylation is 1. The first-order valence-electron chi connectivity index (χ1n) is 11.8. The lowest BCUT2D eigenvalue weighted by molar-refractivity contribution is -0.384. The molecule has 9 nitrogen and oxygen atoms in total. The number of ketones is 1. The number of aliphatic hydroxyl groups is 1. The van der Waals surface area contributed by atoms with Crippen LogP contribution in [0.4, 0.5) is 5.69 Å². The van der Waals surface area contributed by atoms with Gasteiger partial charge in [-0.3, -0.25) is 24.7 Å². The minimum Gasteiger partial charge on any atom is -0.507 e. The van der Waals surface area contributed by atoms with Gasteiger partial charge >= 0.3 is 0 Å². The normalized spacial score (nSPS) is 16.9. The summed E-state index contributed by atoms with van der Waals surface area (Å²) in [5.41, 5.74) is 2.01. The zero-order valence-corrected chi connectivity index (χ0v) is 20.7. The zero-order valence-electron chi connectivity index (χ0n) is 20.7. The van der Waals surface area contributed by atoms with Crippen LogP contribution in [0.15, 0.2) is 72.6 Å². The number of benzene rings is 2. The van der Waals surface area contributed by atoms with Gasteiger partial charge in [-0.1, -0.05) is 19.9 Å². The molecule has 0 unspecified atom stereocenters. The summed E-state index contributed by atoms with van der Waals surface area (Å²) in [6.45, 7) is 6.46. The Morgan fingerprint density at radius 3 is 2.49 bits per heavy atom. The molecule has 1 saturated heterocycles. The highest BCUT2D eigenvalue weighted by molar-refractivity contribution is 6.46. The van der Waals surface area contributed by atoms with Gasteiger partial charge in [-0.15, -0.1) is 0 Å². The fourth-order valence-electron chi connectivity index (χ4n) is 4.26. The summed E-state index contributed by atoms with van der Waals surface area (Å²) in [6, 6.07) is 13.3. The van der Waals surface area contributed by atoms with Gasteiger partial charge in [-0.25, -0.2) is 0 Å². The van der Waals surface area contributed by atoms with Gasteiger partial charge in [0.15, 0.2) is 0 Å². The number of amides is 1. The number of ether oxygens (including phenoxy) is 1. The summed E-state index contributed by atoms with van der Waals surface area (Å²) in [4.78, 5) is 42.5. The van der Waals surface area contributed by atoms with Crippen LogP contribution in [0.25, 0.3) is 5.76 Å². The van der Waals surface area contributed by atoms with Gasteiger partial charge in [0.2, 0.25) is 0 Å². The number of aliphatic hydroxyl groups excluding tert-OH is 1. The number of aromatic nitrogens is 1. The van der Waals surface area contributed by atoms with Crippen molar-refractivity contribution in [2.75, 3.05) is 6.61 Å². The minimum absolute atomic E-state index is 0.0673. The first-order chi connectivity index (χ1) is 17.7. The van der Waals surface area contributed by atoms with E-state index in [2.05, 4.69) is 4.98 Å². The second-order valence-corrected chi connectivity index (χ2v) is 9.32. The molecule has 0 radical (unpaired) electrons. The standard InChI is InChI=1S/C28H27N3O6/c1-17(2)16-37-22-10-11-23(18(3)13-22)26(32)24-25(20-6-8-21(9-7-20)31(35)36)30(28(34)27(24)33)15-19-5-4-12-29-14-19/h4-14,17,25,32H,15-16H2,1-3H3/b26-24+/t25-/m0/s1. The van der Waals surface area contributed by atoms with Crippen LogP contribution in [0.2, 0.25) is 0 Å². The van der Waals surface area contributed by atoms with Crippen molar-refractivity contribution >= 4 is 23.1 Å². The summed E-state index contributed by atoms with van der Waals surface area (Å²) in [5.74, 6) is -0.951. The highest BCUT2D eigenvalue weighted by Crippen LogP contribution is 2.41. The van der Waals surface area contributed by atoms with E-state index in [1.54, 1.807) is 49.6 Å². The number of pyridine rings is 1. The van der Waals surface area contributed by atoms with Crippen LogP contribution in [-0.4, -0.2) is 38.2 Å². The summed E-state index contributed by atoms with van der Waals surface area (Å²) >= 11 is 0. The number of hydrogen-bond donors (Lipinski definition) is 1. The molecule has 4 rings (SSSR count). The molecular formula is C28H27N3O6. The Labute approximate surface area is 214 Å². The summed E-state index contributed by atoms with van der Waals surface area (Å²) < 4.78 is 5.76. The van der Waals surface area contributed by atoms with E-state index < -0.39 is 22.7 Å². The predicted molar refractivity (Wildman–Crippen MR) is 137 cm³/mol. The Bertz CT molecular complexity index is 1370. The van der Waals surface area contributed by atoms with E-state index in [-0.39, 0.29) is 23.6 Å². The maximum Gasteiger partial charge on any atom is 0.295 e. The summed E-state index contributed by atoms with van der Waals surface area (Å²) in [5, 5.41) is 22.5. The molecule has 1 aromatic heterocycles. The number of likely N-dealkylation sites (tertiary alicyclic amines) is 1. The number of carbonyl (C=O) groups is 2. The number of Topliss-reactive ketones (excluding diaryl/α,β-unsaturated/α-hetero) is 1. The number of nitrogens with zero attached hydrogens (tertiary/aromatic N) is 3. The Morgan fingerprint density at radius 2 is 1.89 bits per heavy atom. The van der Waals surface area contributed by atoms with Gasteiger partial charge in [-0.05, 0) is 65.9 Å². The second-order valence-electron chi connectivity index (χ2n) is 9.32. The molecule has 0 spiro atoms. The smallest absolute Gasteiger partial charge is 0.295 e. The van der Waals surface area contributed by atoms with Crippen molar-refractivity contribution in [1.29, 1.82) is 0 Å². The van der Waals surface area contributed by atoms with E-state index in [9.17, 15) is 24.8 Å². The lowest BCUT2D eigenvalue weighted by atomic mass is 9.93. The van der Waals surface area contributed by atoms with Crippen molar-refractivity contribution in [3.8, 4) is 5.75 Å². The largest absolute Gasteiger partial charge is 0.507 e. The minimum atomic E-state index is -0.947. The molecule has 1 N–H and O–H groups in total. The van der Waals surface area contributed by atoms with E-state index in [1.807, 2.05) is 13.8 Å². The molecule has 1 aliphatic rings. The highest BCUT2D eigenvalue weighted by Gasteiger charge is 2.46. The first kappa shape index (κ1) is 25.6. The molecule has 1 aliphatic heterocycles. The van der Waals surface area contributed by atoms with Crippen LogP contribution in [0.1, 0.15) is 42.1 Å². The SMILES string of the molecule is Cc1cc(OCC(C)C)ccc1/C(O)=C1\C(=O)C(=O)N(Cc2cccnc2)[C@H]1c1ccc([N+](=O)[O-])cc1.